The predicted molar refractivity (Wildman–Crippen MR) is 64.5 cm³/mol. The van der Waals surface area contributed by atoms with Gasteiger partial charge < -0.3 is 10.1 Å². The van der Waals surface area contributed by atoms with Crippen molar-refractivity contribution in [3.05, 3.63) is 0 Å². The Labute approximate surface area is 102 Å². The van der Waals surface area contributed by atoms with Crippen LogP contribution in [0.3, 0.4) is 0 Å². The van der Waals surface area contributed by atoms with Crippen LogP contribution in [0.2, 0.25) is 0 Å². The highest BCUT2D eigenvalue weighted by Gasteiger charge is 2.26. The Balaban J connectivity index is 2.51. The summed E-state index contributed by atoms with van der Waals surface area (Å²) in [6.07, 6.45) is 3.31. The number of hydrogen-bond donors (Lipinski definition) is 1. The molecule has 0 aliphatic carbocycles. The molecule has 1 rings (SSSR count). The second kappa shape index (κ2) is 7.27. The van der Waals surface area contributed by atoms with Gasteiger partial charge in [0.2, 0.25) is 5.91 Å². The zero-order valence-corrected chi connectivity index (χ0v) is 10.7. The average Bonchev–Trinajstić information content (AvgIpc) is 2.55. The monoisotopic (exact) mass is 242 g/mol. The minimum Gasteiger partial charge on any atom is -0.469 e. The third-order valence-electron chi connectivity index (χ3n) is 3.18. The average molecular weight is 242 g/mol. The standard InChI is InChI=1S/C12H22N2O3/c1-3-14(9-7-11(15)17-2)10-6-4-5-8-13-12(10)16/h10H,3-9H2,1-2H3,(H,13,16). The molecule has 0 saturated carbocycles. The van der Waals surface area contributed by atoms with Crippen molar-refractivity contribution >= 4 is 11.9 Å². The maximum Gasteiger partial charge on any atom is 0.306 e. The van der Waals surface area contributed by atoms with E-state index < -0.39 is 0 Å². The molecule has 5 nitrogen and oxygen atoms in total. The molecular formula is C12H22N2O3. The van der Waals surface area contributed by atoms with E-state index in [-0.39, 0.29) is 17.9 Å². The molecule has 0 aromatic carbocycles. The maximum atomic E-state index is 11.9. The normalized spacial score (nSPS) is 20.9. The first kappa shape index (κ1) is 14.0. The number of nitrogens with one attached hydrogen (secondary N) is 1. The number of carbonyl (C=O) groups excluding carboxylic acids is 2. The second-order valence-corrected chi connectivity index (χ2v) is 4.26. The number of rotatable bonds is 5. The van der Waals surface area contributed by atoms with Crippen LogP contribution in [-0.4, -0.2) is 49.6 Å². The van der Waals surface area contributed by atoms with Crippen LogP contribution in [0.1, 0.15) is 32.6 Å². The van der Waals surface area contributed by atoms with Gasteiger partial charge in [-0.3, -0.25) is 14.5 Å². The van der Waals surface area contributed by atoms with E-state index in [0.29, 0.717) is 13.0 Å². The van der Waals surface area contributed by atoms with E-state index in [2.05, 4.69) is 15.0 Å². The minimum absolute atomic E-state index is 0.0906. The molecular weight excluding hydrogens is 220 g/mol. The molecule has 0 spiro atoms. The zero-order chi connectivity index (χ0) is 12.7. The summed E-state index contributed by atoms with van der Waals surface area (Å²) in [6, 6.07) is -0.0906. The first-order chi connectivity index (χ1) is 8.19. The van der Waals surface area contributed by atoms with E-state index >= 15 is 0 Å². The molecule has 5 heteroatoms. The third kappa shape index (κ3) is 4.34. The SMILES string of the molecule is CCN(CCC(=O)OC)C1CCCCNC1=O. The van der Waals surface area contributed by atoms with Crippen LogP contribution in [0.4, 0.5) is 0 Å². The Kier molecular flexibility index (Phi) is 5.97. The first-order valence-corrected chi connectivity index (χ1v) is 6.27. The summed E-state index contributed by atoms with van der Waals surface area (Å²) in [4.78, 5) is 25.0. The van der Waals surface area contributed by atoms with Crippen molar-refractivity contribution in [3.8, 4) is 0 Å². The second-order valence-electron chi connectivity index (χ2n) is 4.26. The van der Waals surface area contributed by atoms with Crippen molar-refractivity contribution in [3.63, 3.8) is 0 Å². The van der Waals surface area contributed by atoms with Gasteiger partial charge in [0.1, 0.15) is 0 Å². The predicted octanol–water partition coefficient (Wildman–Crippen LogP) is 0.540. The molecule has 0 radical (unpaired) electrons. The fraction of sp³-hybridized carbons (Fsp3) is 0.833. The Morgan fingerprint density at radius 1 is 1.53 bits per heavy atom. The number of likely N-dealkylation sites (N-methyl/N-ethyl adjacent to an activating group) is 1. The number of methoxy groups -OCH3 is 1. The van der Waals surface area contributed by atoms with Gasteiger partial charge in [-0.2, -0.15) is 0 Å². The van der Waals surface area contributed by atoms with Gasteiger partial charge >= 0.3 is 5.97 Å². The quantitative estimate of drug-likeness (QED) is 0.715. The highest BCUT2D eigenvalue weighted by Crippen LogP contribution is 2.12. The van der Waals surface area contributed by atoms with Crippen molar-refractivity contribution in [1.29, 1.82) is 0 Å². The van der Waals surface area contributed by atoms with Gasteiger partial charge in [0, 0.05) is 13.1 Å². The molecule has 17 heavy (non-hydrogen) atoms. The van der Waals surface area contributed by atoms with E-state index in [1.807, 2.05) is 6.92 Å². The lowest BCUT2D eigenvalue weighted by atomic mass is 10.1. The van der Waals surface area contributed by atoms with E-state index in [0.717, 1.165) is 32.4 Å². The number of carbonyl (C=O) groups is 2. The fourth-order valence-corrected chi connectivity index (χ4v) is 2.14. The number of esters is 1. The van der Waals surface area contributed by atoms with Crippen molar-refractivity contribution in [2.45, 2.75) is 38.6 Å². The summed E-state index contributed by atoms with van der Waals surface area (Å²) in [6.45, 7) is 4.13. The van der Waals surface area contributed by atoms with Crippen LogP contribution in [-0.2, 0) is 14.3 Å². The van der Waals surface area contributed by atoms with Gasteiger partial charge in [-0.05, 0) is 25.8 Å². The molecule has 1 atom stereocenters. The van der Waals surface area contributed by atoms with Gasteiger partial charge in [0.05, 0.1) is 19.6 Å². The highest BCUT2D eigenvalue weighted by molar-refractivity contribution is 5.82. The third-order valence-corrected chi connectivity index (χ3v) is 3.18. The summed E-state index contributed by atoms with van der Waals surface area (Å²) in [5.41, 5.74) is 0. The van der Waals surface area contributed by atoms with Crippen LogP contribution in [0.25, 0.3) is 0 Å². The van der Waals surface area contributed by atoms with Crippen LogP contribution in [0.5, 0.6) is 0 Å². The van der Waals surface area contributed by atoms with Crippen LogP contribution >= 0.6 is 0 Å². The topological polar surface area (TPSA) is 58.6 Å². The summed E-state index contributed by atoms with van der Waals surface area (Å²) in [5.74, 6) is -0.133. The first-order valence-electron chi connectivity index (χ1n) is 6.27. The van der Waals surface area contributed by atoms with Crippen molar-refractivity contribution in [2.24, 2.45) is 0 Å². The van der Waals surface area contributed by atoms with Gasteiger partial charge in [0.25, 0.3) is 0 Å². The molecule has 1 fully saturated rings. The number of ether oxygens (including phenoxy) is 1. The van der Waals surface area contributed by atoms with Crippen LogP contribution in [0.15, 0.2) is 0 Å². The number of hydrogen-bond acceptors (Lipinski definition) is 4. The lowest BCUT2D eigenvalue weighted by molar-refractivity contribution is -0.141. The lowest BCUT2D eigenvalue weighted by Crippen LogP contribution is -2.46. The summed E-state index contributed by atoms with van der Waals surface area (Å²) in [5, 5.41) is 2.91. The molecule has 1 N–H and O–H groups in total. The Bertz CT molecular complexity index is 268. The van der Waals surface area contributed by atoms with Gasteiger partial charge in [-0.15, -0.1) is 0 Å². The molecule has 1 unspecified atom stereocenters. The molecule has 1 amide bonds. The summed E-state index contributed by atoms with van der Waals surface area (Å²) < 4.78 is 4.62. The Morgan fingerprint density at radius 3 is 2.94 bits per heavy atom. The maximum absolute atomic E-state index is 11.9. The molecule has 0 aromatic rings. The molecule has 1 heterocycles. The van der Waals surface area contributed by atoms with Gasteiger partial charge in [-0.25, -0.2) is 0 Å². The van der Waals surface area contributed by atoms with E-state index in [4.69, 9.17) is 0 Å². The smallest absolute Gasteiger partial charge is 0.306 e. The summed E-state index contributed by atoms with van der Waals surface area (Å²) in [7, 11) is 1.39. The molecule has 1 saturated heterocycles. The van der Waals surface area contributed by atoms with E-state index in [1.54, 1.807) is 0 Å². The molecule has 1 aliphatic rings. The molecule has 0 aromatic heterocycles. The van der Waals surface area contributed by atoms with Crippen molar-refractivity contribution in [2.75, 3.05) is 26.7 Å². The summed E-state index contributed by atoms with van der Waals surface area (Å²) >= 11 is 0. The van der Waals surface area contributed by atoms with E-state index in [1.165, 1.54) is 7.11 Å². The van der Waals surface area contributed by atoms with E-state index in [9.17, 15) is 9.59 Å². The highest BCUT2D eigenvalue weighted by atomic mass is 16.5. The van der Waals surface area contributed by atoms with Crippen LogP contribution < -0.4 is 5.32 Å². The number of amides is 1. The molecule has 0 bridgehead atoms. The molecule has 1 aliphatic heterocycles. The Morgan fingerprint density at radius 2 is 2.29 bits per heavy atom. The van der Waals surface area contributed by atoms with Gasteiger partial charge in [0.15, 0.2) is 0 Å². The largest absolute Gasteiger partial charge is 0.469 e. The molecule has 98 valence electrons. The number of nitrogens with zero attached hydrogens (tertiary/aromatic N) is 1. The Hall–Kier alpha value is -1.10. The zero-order valence-electron chi connectivity index (χ0n) is 10.7. The fourth-order valence-electron chi connectivity index (χ4n) is 2.14. The van der Waals surface area contributed by atoms with Gasteiger partial charge in [-0.1, -0.05) is 6.92 Å². The lowest BCUT2D eigenvalue weighted by Gasteiger charge is -2.28. The van der Waals surface area contributed by atoms with Crippen molar-refractivity contribution in [1.82, 2.24) is 10.2 Å². The van der Waals surface area contributed by atoms with Crippen LogP contribution in [0, 0.1) is 0 Å². The minimum atomic E-state index is -0.225. The van der Waals surface area contributed by atoms with Crippen molar-refractivity contribution < 1.29 is 14.3 Å².